The zero-order chi connectivity index (χ0) is 23.4. The minimum Gasteiger partial charge on any atom is -0.508 e. The van der Waals surface area contributed by atoms with Gasteiger partial charge in [-0.25, -0.2) is 4.98 Å². The number of phenols is 1. The number of ether oxygens (including phenoxy) is 1. The van der Waals surface area contributed by atoms with E-state index in [1.165, 1.54) is 36.8 Å². The topological polar surface area (TPSA) is 79.3 Å². The third-order valence-electron chi connectivity index (χ3n) is 5.24. The van der Waals surface area contributed by atoms with E-state index in [1.54, 1.807) is 18.2 Å². The summed E-state index contributed by atoms with van der Waals surface area (Å²) in [6, 6.07) is 11.9. The lowest BCUT2D eigenvalue weighted by Gasteiger charge is -2.23. The largest absolute Gasteiger partial charge is 0.573 e. The van der Waals surface area contributed by atoms with Crippen LogP contribution in [-0.4, -0.2) is 27.5 Å². The molecule has 3 aromatic rings. The molecule has 0 atom stereocenters. The van der Waals surface area contributed by atoms with E-state index < -0.39 is 6.36 Å². The Bertz CT molecular complexity index is 1120. The lowest BCUT2D eigenvalue weighted by atomic mass is 9.96. The highest BCUT2D eigenvalue weighted by atomic mass is 35.5. The SMILES string of the molecule is Oc1ccc(Nc2cc(-c3cccc(OC(F)(F)F)c3)nc(NC3CCCCC3)n2)c(Cl)c1. The number of benzene rings is 2. The van der Waals surface area contributed by atoms with Crippen molar-refractivity contribution in [1.29, 1.82) is 0 Å². The zero-order valence-corrected chi connectivity index (χ0v) is 18.2. The highest BCUT2D eigenvalue weighted by Gasteiger charge is 2.31. The molecule has 4 rings (SSSR count). The normalized spacial score (nSPS) is 14.7. The van der Waals surface area contributed by atoms with E-state index in [1.807, 2.05) is 0 Å². The molecule has 174 valence electrons. The Hall–Kier alpha value is -3.20. The Labute approximate surface area is 193 Å². The zero-order valence-electron chi connectivity index (χ0n) is 17.5. The first kappa shape index (κ1) is 23.0. The van der Waals surface area contributed by atoms with Gasteiger partial charge in [0, 0.05) is 23.7 Å². The van der Waals surface area contributed by atoms with Crippen LogP contribution in [0.15, 0.2) is 48.5 Å². The molecule has 2 aromatic carbocycles. The first-order valence-electron chi connectivity index (χ1n) is 10.5. The number of aromatic nitrogens is 2. The summed E-state index contributed by atoms with van der Waals surface area (Å²) < 4.78 is 42.1. The Kier molecular flexibility index (Phi) is 6.78. The van der Waals surface area contributed by atoms with Gasteiger partial charge in [0.2, 0.25) is 5.95 Å². The number of nitrogens with one attached hydrogen (secondary N) is 2. The number of hydrogen-bond acceptors (Lipinski definition) is 6. The summed E-state index contributed by atoms with van der Waals surface area (Å²) in [4.78, 5) is 9.07. The van der Waals surface area contributed by atoms with Gasteiger partial charge in [-0.1, -0.05) is 43.0 Å². The first-order valence-corrected chi connectivity index (χ1v) is 10.9. The van der Waals surface area contributed by atoms with Crippen molar-refractivity contribution in [2.45, 2.75) is 44.5 Å². The van der Waals surface area contributed by atoms with Gasteiger partial charge in [0.05, 0.1) is 16.4 Å². The maximum atomic E-state index is 12.7. The van der Waals surface area contributed by atoms with Gasteiger partial charge in [-0.2, -0.15) is 4.98 Å². The monoisotopic (exact) mass is 478 g/mol. The smallest absolute Gasteiger partial charge is 0.508 e. The molecule has 33 heavy (non-hydrogen) atoms. The van der Waals surface area contributed by atoms with Gasteiger partial charge in [-0.05, 0) is 37.1 Å². The Balaban J connectivity index is 1.68. The lowest BCUT2D eigenvalue weighted by Crippen LogP contribution is -2.23. The second kappa shape index (κ2) is 9.74. The molecule has 0 bridgehead atoms. The van der Waals surface area contributed by atoms with Crippen LogP contribution in [0.1, 0.15) is 32.1 Å². The molecule has 0 amide bonds. The van der Waals surface area contributed by atoms with Crippen molar-refractivity contribution < 1.29 is 23.0 Å². The van der Waals surface area contributed by atoms with E-state index in [9.17, 15) is 18.3 Å². The second-order valence-corrected chi connectivity index (χ2v) is 8.21. The Morgan fingerprint density at radius 2 is 1.79 bits per heavy atom. The van der Waals surface area contributed by atoms with Crippen LogP contribution in [0.2, 0.25) is 5.02 Å². The molecule has 1 aromatic heterocycles. The summed E-state index contributed by atoms with van der Waals surface area (Å²) in [7, 11) is 0. The van der Waals surface area contributed by atoms with Gasteiger partial charge in [0.15, 0.2) is 0 Å². The number of hydrogen-bond donors (Lipinski definition) is 3. The fourth-order valence-corrected chi connectivity index (χ4v) is 3.97. The quantitative estimate of drug-likeness (QED) is 0.335. The summed E-state index contributed by atoms with van der Waals surface area (Å²) in [5.74, 6) is 0.443. The minimum absolute atomic E-state index is 0.0232. The molecular formula is C23H22ClF3N4O2. The van der Waals surface area contributed by atoms with Crippen LogP contribution in [0.4, 0.5) is 30.6 Å². The maximum Gasteiger partial charge on any atom is 0.573 e. The van der Waals surface area contributed by atoms with Crippen molar-refractivity contribution in [1.82, 2.24) is 9.97 Å². The van der Waals surface area contributed by atoms with E-state index >= 15 is 0 Å². The number of nitrogens with zero attached hydrogens (tertiary/aromatic N) is 2. The summed E-state index contributed by atoms with van der Waals surface area (Å²) in [5.41, 5.74) is 1.36. The van der Waals surface area contributed by atoms with Gasteiger partial charge in [0.25, 0.3) is 0 Å². The fraction of sp³-hybridized carbons (Fsp3) is 0.304. The van der Waals surface area contributed by atoms with Crippen molar-refractivity contribution in [3.63, 3.8) is 0 Å². The third kappa shape index (κ3) is 6.41. The Morgan fingerprint density at radius 3 is 2.52 bits per heavy atom. The minimum atomic E-state index is -4.79. The van der Waals surface area contributed by atoms with E-state index in [0.717, 1.165) is 25.7 Å². The van der Waals surface area contributed by atoms with Crippen molar-refractivity contribution in [2.75, 3.05) is 10.6 Å². The van der Waals surface area contributed by atoms with E-state index in [-0.39, 0.29) is 22.6 Å². The van der Waals surface area contributed by atoms with Crippen molar-refractivity contribution >= 4 is 29.1 Å². The molecule has 1 aliphatic rings. The molecule has 6 nitrogen and oxygen atoms in total. The van der Waals surface area contributed by atoms with Crippen molar-refractivity contribution in [2.24, 2.45) is 0 Å². The van der Waals surface area contributed by atoms with Crippen LogP contribution >= 0.6 is 11.6 Å². The molecule has 3 N–H and O–H groups in total. The van der Waals surface area contributed by atoms with E-state index in [2.05, 4.69) is 25.3 Å². The van der Waals surface area contributed by atoms with Crippen molar-refractivity contribution in [3.05, 3.63) is 53.6 Å². The van der Waals surface area contributed by atoms with E-state index in [4.69, 9.17) is 11.6 Å². The maximum absolute atomic E-state index is 12.7. The molecule has 0 saturated heterocycles. The molecule has 1 aliphatic carbocycles. The summed E-state index contributed by atoms with van der Waals surface area (Å²) >= 11 is 6.21. The number of halogens is 4. The van der Waals surface area contributed by atoms with Crippen LogP contribution in [0.5, 0.6) is 11.5 Å². The summed E-state index contributed by atoms with van der Waals surface area (Å²) in [6.45, 7) is 0. The van der Waals surface area contributed by atoms with Crippen LogP contribution in [0, 0.1) is 0 Å². The highest BCUT2D eigenvalue weighted by Crippen LogP contribution is 2.32. The number of rotatable bonds is 6. The molecule has 1 saturated carbocycles. The first-order chi connectivity index (χ1) is 15.7. The van der Waals surface area contributed by atoms with Crippen LogP contribution in [-0.2, 0) is 0 Å². The average Bonchev–Trinajstić information content (AvgIpc) is 2.75. The van der Waals surface area contributed by atoms with Crippen molar-refractivity contribution in [3.8, 4) is 22.8 Å². The Morgan fingerprint density at radius 1 is 1.00 bits per heavy atom. The fourth-order valence-electron chi connectivity index (χ4n) is 3.75. The predicted octanol–water partition coefficient (Wildman–Crippen LogP) is 6.89. The van der Waals surface area contributed by atoms with Gasteiger partial charge in [-0.3, -0.25) is 0 Å². The number of alkyl halides is 3. The molecule has 0 aliphatic heterocycles. The standard InChI is InChI=1S/C23H22ClF3N4O2/c24-18-12-16(32)9-10-19(18)29-21-13-20(14-5-4-8-17(11-14)33-23(25,26)27)30-22(31-21)28-15-6-2-1-3-7-15/h4-5,8-13,15,32H,1-3,6-7H2,(H2,28,29,30,31). The van der Waals surface area contributed by atoms with E-state index in [0.29, 0.717) is 28.7 Å². The van der Waals surface area contributed by atoms with Gasteiger partial charge >= 0.3 is 6.36 Å². The van der Waals surface area contributed by atoms with Gasteiger partial charge in [-0.15, -0.1) is 13.2 Å². The molecule has 1 heterocycles. The lowest BCUT2D eigenvalue weighted by molar-refractivity contribution is -0.274. The molecule has 10 heteroatoms. The number of phenolic OH excluding ortho intramolecular Hbond substituents is 1. The van der Waals surface area contributed by atoms with Crippen LogP contribution in [0.3, 0.4) is 0 Å². The average molecular weight is 479 g/mol. The molecule has 0 unspecified atom stereocenters. The number of anilines is 3. The second-order valence-electron chi connectivity index (χ2n) is 7.81. The summed E-state index contributed by atoms with van der Waals surface area (Å²) in [6.07, 6.45) is 0.618. The molecule has 0 spiro atoms. The van der Waals surface area contributed by atoms with Crippen LogP contribution < -0.4 is 15.4 Å². The highest BCUT2D eigenvalue weighted by molar-refractivity contribution is 6.33. The van der Waals surface area contributed by atoms with Crippen LogP contribution in [0.25, 0.3) is 11.3 Å². The third-order valence-corrected chi connectivity index (χ3v) is 5.56. The molecular weight excluding hydrogens is 457 g/mol. The molecule has 1 fully saturated rings. The molecule has 0 radical (unpaired) electrons. The summed E-state index contributed by atoms with van der Waals surface area (Å²) in [5, 5.41) is 16.3. The van der Waals surface area contributed by atoms with Gasteiger partial charge < -0.3 is 20.5 Å². The van der Waals surface area contributed by atoms with Gasteiger partial charge in [0.1, 0.15) is 17.3 Å². The predicted molar refractivity (Wildman–Crippen MR) is 121 cm³/mol. The number of aromatic hydroxyl groups is 1.